The van der Waals surface area contributed by atoms with E-state index in [1.807, 2.05) is 0 Å². The number of carboxylic acids is 1. The van der Waals surface area contributed by atoms with Gasteiger partial charge in [-0.1, -0.05) is 138 Å². The van der Waals surface area contributed by atoms with E-state index in [1.54, 1.807) is 0 Å². The molecule has 0 aliphatic heterocycles. The maximum atomic E-state index is 12.5. The van der Waals surface area contributed by atoms with Crippen LogP contribution in [0.2, 0.25) is 0 Å². The zero-order chi connectivity index (χ0) is 32.9. The number of unbranched alkanes of at least 4 members (excludes halogenated alkanes) is 11. The van der Waals surface area contributed by atoms with Crippen molar-refractivity contribution in [2.45, 2.75) is 174 Å². The third-order valence-corrected chi connectivity index (χ3v) is 7.69. The maximum absolute atomic E-state index is 12.5. The van der Waals surface area contributed by atoms with Crippen LogP contribution in [-0.4, -0.2) is 23.1 Å². The van der Waals surface area contributed by atoms with Crippen LogP contribution in [0.3, 0.4) is 0 Å². The molecule has 0 bridgehead atoms. The molecule has 0 aliphatic carbocycles. The predicted molar refractivity (Wildman–Crippen MR) is 195 cm³/mol. The largest absolute Gasteiger partial charge is 0.481 e. The summed E-state index contributed by atoms with van der Waals surface area (Å²) in [6.07, 6.45) is 50.6. The van der Waals surface area contributed by atoms with Gasteiger partial charge in [0, 0.05) is 12.8 Å². The van der Waals surface area contributed by atoms with E-state index in [0.29, 0.717) is 6.42 Å². The third kappa shape index (κ3) is 35.7. The zero-order valence-electron chi connectivity index (χ0n) is 29.1. The van der Waals surface area contributed by atoms with Gasteiger partial charge in [-0.2, -0.15) is 0 Å². The standard InChI is InChI=1S/C41H68O4/c1-3-5-7-9-11-12-13-14-15-16-17-18-19-20-21-22-23-24-25-30-34-38-41(44)45-39(35-31-27-10-8-6-4-2)36-32-28-26-29-33-37-40(42)43/h5,7,11-12,14-15,17-18,20-21,23-24,39H,3-4,6,8-10,13,16,19,22,25-38H2,1-2H3,(H,42,43)/b7-5-,12-11-,15-14-,18-17-,21-20-,24-23-. The minimum atomic E-state index is -0.710. The van der Waals surface area contributed by atoms with E-state index in [9.17, 15) is 9.59 Å². The zero-order valence-corrected chi connectivity index (χ0v) is 29.1. The SMILES string of the molecule is CC/C=C\C/C=C\C/C=C\C/C=C\C/C=C\C/C=C\CCCCC(=O)OC(CCCCCCCC)CCCCCCCC(=O)O. The minimum Gasteiger partial charge on any atom is -0.481 e. The van der Waals surface area contributed by atoms with Crippen molar-refractivity contribution in [2.75, 3.05) is 0 Å². The molecule has 0 saturated carbocycles. The Kier molecular flexibility index (Phi) is 33.8. The van der Waals surface area contributed by atoms with Gasteiger partial charge in [0.25, 0.3) is 0 Å². The minimum absolute atomic E-state index is 0.0334. The average Bonchev–Trinajstić information content (AvgIpc) is 3.02. The molecule has 1 N–H and O–H groups in total. The van der Waals surface area contributed by atoms with Crippen LogP contribution in [0.4, 0.5) is 0 Å². The average molecular weight is 625 g/mol. The summed E-state index contributed by atoms with van der Waals surface area (Å²) in [7, 11) is 0. The molecule has 0 aliphatic rings. The molecular weight excluding hydrogens is 556 g/mol. The van der Waals surface area contributed by atoms with Crippen molar-refractivity contribution in [2.24, 2.45) is 0 Å². The van der Waals surface area contributed by atoms with E-state index in [-0.39, 0.29) is 18.5 Å². The van der Waals surface area contributed by atoms with Gasteiger partial charge >= 0.3 is 11.9 Å². The van der Waals surface area contributed by atoms with Gasteiger partial charge in [-0.15, -0.1) is 0 Å². The number of carboxylic acid groups (broad SMARTS) is 1. The number of rotatable bonds is 32. The first-order valence-corrected chi connectivity index (χ1v) is 18.4. The lowest BCUT2D eigenvalue weighted by Crippen LogP contribution is -2.18. The first-order chi connectivity index (χ1) is 22.1. The molecule has 4 nitrogen and oxygen atoms in total. The predicted octanol–water partition coefficient (Wildman–Crippen LogP) is 12.7. The van der Waals surface area contributed by atoms with Crippen LogP contribution in [0.15, 0.2) is 72.9 Å². The highest BCUT2D eigenvalue weighted by atomic mass is 16.5. The molecule has 0 aromatic rings. The number of aliphatic carboxylic acids is 1. The highest BCUT2D eigenvalue weighted by Gasteiger charge is 2.14. The lowest BCUT2D eigenvalue weighted by atomic mass is 10.0. The molecule has 1 unspecified atom stereocenters. The van der Waals surface area contributed by atoms with E-state index in [2.05, 4.69) is 86.8 Å². The normalized spacial score (nSPS) is 13.1. The Bertz CT molecular complexity index is 846. The topological polar surface area (TPSA) is 63.6 Å². The highest BCUT2D eigenvalue weighted by molar-refractivity contribution is 5.69. The van der Waals surface area contributed by atoms with Gasteiger partial charge in [0.05, 0.1) is 0 Å². The Morgan fingerprint density at radius 3 is 1.42 bits per heavy atom. The van der Waals surface area contributed by atoms with Crippen LogP contribution < -0.4 is 0 Å². The molecule has 1 atom stereocenters. The van der Waals surface area contributed by atoms with Gasteiger partial charge < -0.3 is 9.84 Å². The first-order valence-electron chi connectivity index (χ1n) is 18.4. The molecular formula is C41H68O4. The Balaban J connectivity index is 4.02. The van der Waals surface area contributed by atoms with Crippen molar-refractivity contribution >= 4 is 11.9 Å². The number of allylic oxidation sites excluding steroid dienone is 12. The number of hydrogen-bond donors (Lipinski definition) is 1. The molecule has 0 spiro atoms. The van der Waals surface area contributed by atoms with Crippen LogP contribution >= 0.6 is 0 Å². The molecule has 0 aromatic heterocycles. The maximum Gasteiger partial charge on any atom is 0.306 e. The Morgan fingerprint density at radius 1 is 0.511 bits per heavy atom. The van der Waals surface area contributed by atoms with Crippen molar-refractivity contribution in [1.29, 1.82) is 0 Å². The molecule has 4 heteroatoms. The molecule has 0 saturated heterocycles. The summed E-state index contributed by atoms with van der Waals surface area (Å²) in [6.45, 7) is 4.39. The van der Waals surface area contributed by atoms with E-state index in [4.69, 9.17) is 9.84 Å². The van der Waals surface area contributed by atoms with Crippen LogP contribution in [-0.2, 0) is 14.3 Å². The van der Waals surface area contributed by atoms with Gasteiger partial charge in [0.1, 0.15) is 6.10 Å². The number of carbonyl (C=O) groups is 2. The monoisotopic (exact) mass is 625 g/mol. The summed E-state index contributed by atoms with van der Waals surface area (Å²) in [5, 5.41) is 8.77. The van der Waals surface area contributed by atoms with Gasteiger partial charge in [-0.05, 0) is 89.9 Å². The lowest BCUT2D eigenvalue weighted by Gasteiger charge is -2.18. The van der Waals surface area contributed by atoms with E-state index in [0.717, 1.165) is 109 Å². The second kappa shape index (κ2) is 35.9. The molecule has 0 aromatic carbocycles. The van der Waals surface area contributed by atoms with Crippen molar-refractivity contribution in [3.63, 3.8) is 0 Å². The van der Waals surface area contributed by atoms with Crippen LogP contribution in [0.1, 0.15) is 168 Å². The quantitative estimate of drug-likeness (QED) is 0.0459. The summed E-state index contributed by atoms with van der Waals surface area (Å²) in [4.78, 5) is 23.2. The van der Waals surface area contributed by atoms with E-state index in [1.165, 1.54) is 32.1 Å². The second-order valence-corrected chi connectivity index (χ2v) is 12.0. The van der Waals surface area contributed by atoms with Gasteiger partial charge in [0.2, 0.25) is 0 Å². The van der Waals surface area contributed by atoms with Gasteiger partial charge in [-0.3, -0.25) is 9.59 Å². The summed E-state index contributed by atoms with van der Waals surface area (Å²) < 4.78 is 5.92. The number of hydrogen-bond acceptors (Lipinski definition) is 3. The molecule has 0 heterocycles. The van der Waals surface area contributed by atoms with Gasteiger partial charge in [0.15, 0.2) is 0 Å². The summed E-state index contributed by atoms with van der Waals surface area (Å²) in [5.41, 5.74) is 0. The van der Waals surface area contributed by atoms with Gasteiger partial charge in [-0.25, -0.2) is 0 Å². The fourth-order valence-electron chi connectivity index (χ4n) is 5.01. The van der Waals surface area contributed by atoms with Crippen molar-refractivity contribution in [1.82, 2.24) is 0 Å². The molecule has 0 fully saturated rings. The van der Waals surface area contributed by atoms with Crippen molar-refractivity contribution < 1.29 is 19.4 Å². The summed E-state index contributed by atoms with van der Waals surface area (Å²) in [5.74, 6) is -0.756. The third-order valence-electron chi connectivity index (χ3n) is 7.69. The molecule has 256 valence electrons. The number of ether oxygens (including phenoxy) is 1. The van der Waals surface area contributed by atoms with E-state index >= 15 is 0 Å². The molecule has 0 rings (SSSR count). The lowest BCUT2D eigenvalue weighted by molar-refractivity contribution is -0.150. The van der Waals surface area contributed by atoms with E-state index < -0.39 is 5.97 Å². The fourth-order valence-corrected chi connectivity index (χ4v) is 5.01. The van der Waals surface area contributed by atoms with Crippen molar-refractivity contribution in [3.8, 4) is 0 Å². The Labute approximate surface area is 277 Å². The fraction of sp³-hybridized carbons (Fsp3) is 0.659. The molecule has 45 heavy (non-hydrogen) atoms. The Hall–Kier alpha value is -2.62. The van der Waals surface area contributed by atoms with Crippen LogP contribution in [0, 0.1) is 0 Å². The number of carbonyl (C=O) groups excluding carboxylic acids is 1. The van der Waals surface area contributed by atoms with Crippen molar-refractivity contribution in [3.05, 3.63) is 72.9 Å². The second-order valence-electron chi connectivity index (χ2n) is 12.0. The molecule has 0 amide bonds. The van der Waals surface area contributed by atoms with Crippen LogP contribution in [0.5, 0.6) is 0 Å². The molecule has 0 radical (unpaired) electrons. The first kappa shape index (κ1) is 42.4. The number of esters is 1. The summed E-state index contributed by atoms with van der Waals surface area (Å²) >= 11 is 0. The van der Waals surface area contributed by atoms with Crippen LogP contribution in [0.25, 0.3) is 0 Å². The Morgan fingerprint density at radius 2 is 0.933 bits per heavy atom. The summed E-state index contributed by atoms with van der Waals surface area (Å²) in [6, 6.07) is 0. The smallest absolute Gasteiger partial charge is 0.306 e. The highest BCUT2D eigenvalue weighted by Crippen LogP contribution is 2.18.